The summed E-state index contributed by atoms with van der Waals surface area (Å²) < 4.78 is 1.69. The van der Waals surface area contributed by atoms with E-state index in [4.69, 9.17) is 5.11 Å². The van der Waals surface area contributed by atoms with Gasteiger partial charge in [-0.15, -0.1) is 5.10 Å². The predicted molar refractivity (Wildman–Crippen MR) is 87.6 cm³/mol. The lowest BCUT2D eigenvalue weighted by atomic mass is 10.1. The number of carboxylic acids is 1. The smallest absolute Gasteiger partial charge is 0.335 e. The predicted octanol–water partition coefficient (Wildman–Crippen LogP) is 2.57. The summed E-state index contributed by atoms with van der Waals surface area (Å²) in [6.45, 7) is 0.460. The van der Waals surface area contributed by atoms with E-state index in [2.05, 4.69) is 20.5 Å². The highest BCUT2D eigenvalue weighted by Crippen LogP contribution is 2.21. The number of H-pyrrole nitrogens is 1. The maximum absolute atomic E-state index is 11.0. The van der Waals surface area contributed by atoms with E-state index in [0.717, 1.165) is 27.7 Å². The molecule has 2 heterocycles. The minimum absolute atomic E-state index is 0.262. The number of rotatable bonds is 4. The van der Waals surface area contributed by atoms with Crippen LogP contribution in [0.5, 0.6) is 0 Å². The Morgan fingerprint density at radius 2 is 2.12 bits per heavy atom. The number of aromatic nitrogens is 5. The van der Waals surface area contributed by atoms with E-state index in [0.29, 0.717) is 6.54 Å². The Bertz CT molecular complexity index is 1030. The highest BCUT2D eigenvalue weighted by Gasteiger charge is 2.08. The number of carboxylic acid groups (broad SMARTS) is 1. The largest absolute Gasteiger partial charge is 0.478 e. The molecule has 0 amide bonds. The van der Waals surface area contributed by atoms with Gasteiger partial charge in [-0.1, -0.05) is 23.4 Å². The van der Waals surface area contributed by atoms with Crippen LogP contribution in [0.2, 0.25) is 0 Å². The standard InChI is InChI=1S/C17H13N5O2/c23-17(24)13-3-1-2-11(6-13)9-22-10-16(20-21-22)12-4-5-15-14(7-12)8-18-19-15/h1-8,10H,9H2,(H,18,19)(H,23,24). The van der Waals surface area contributed by atoms with Crippen molar-refractivity contribution in [2.24, 2.45) is 0 Å². The normalized spacial score (nSPS) is 11.0. The molecule has 7 nitrogen and oxygen atoms in total. The summed E-state index contributed by atoms with van der Waals surface area (Å²) in [7, 11) is 0. The van der Waals surface area contributed by atoms with Gasteiger partial charge in [0.2, 0.25) is 0 Å². The van der Waals surface area contributed by atoms with Gasteiger partial charge >= 0.3 is 5.97 Å². The third kappa shape index (κ3) is 2.63. The van der Waals surface area contributed by atoms with Gasteiger partial charge in [-0.3, -0.25) is 5.10 Å². The Hall–Kier alpha value is -3.48. The van der Waals surface area contributed by atoms with Crippen LogP contribution in [0.25, 0.3) is 22.2 Å². The van der Waals surface area contributed by atoms with Crippen molar-refractivity contribution in [1.29, 1.82) is 0 Å². The number of hydrogen-bond acceptors (Lipinski definition) is 4. The first kappa shape index (κ1) is 14.1. The number of benzene rings is 2. The van der Waals surface area contributed by atoms with Gasteiger partial charge < -0.3 is 5.11 Å². The third-order valence-corrected chi connectivity index (χ3v) is 3.79. The van der Waals surface area contributed by atoms with Gasteiger partial charge in [-0.2, -0.15) is 5.10 Å². The van der Waals surface area contributed by atoms with Crippen LogP contribution >= 0.6 is 0 Å². The van der Waals surface area contributed by atoms with Crippen LogP contribution in [0, 0.1) is 0 Å². The topological polar surface area (TPSA) is 96.7 Å². The van der Waals surface area contributed by atoms with Gasteiger partial charge in [-0.05, 0) is 29.8 Å². The first-order valence-corrected chi connectivity index (χ1v) is 7.35. The van der Waals surface area contributed by atoms with Crippen LogP contribution in [0.15, 0.2) is 54.9 Å². The lowest BCUT2D eigenvalue weighted by molar-refractivity contribution is 0.0696. The van der Waals surface area contributed by atoms with E-state index in [1.165, 1.54) is 0 Å². The zero-order valence-electron chi connectivity index (χ0n) is 12.5. The number of nitrogens with zero attached hydrogens (tertiary/aromatic N) is 4. The molecule has 118 valence electrons. The molecule has 2 N–H and O–H groups in total. The molecule has 0 saturated heterocycles. The Labute approximate surface area is 136 Å². The average molecular weight is 319 g/mol. The quantitative estimate of drug-likeness (QED) is 0.602. The molecule has 0 radical (unpaired) electrons. The second-order valence-electron chi connectivity index (χ2n) is 5.48. The van der Waals surface area contributed by atoms with Gasteiger partial charge in [0.25, 0.3) is 0 Å². The average Bonchev–Trinajstić information content (AvgIpc) is 3.23. The number of aromatic carboxylic acids is 1. The summed E-state index contributed by atoms with van der Waals surface area (Å²) in [5, 5.41) is 25.3. The van der Waals surface area contributed by atoms with Crippen molar-refractivity contribution in [1.82, 2.24) is 25.2 Å². The number of carbonyl (C=O) groups is 1. The van der Waals surface area contributed by atoms with Gasteiger partial charge in [0.1, 0.15) is 5.69 Å². The van der Waals surface area contributed by atoms with Crippen molar-refractivity contribution in [2.45, 2.75) is 6.54 Å². The van der Waals surface area contributed by atoms with Crippen LogP contribution in [0.1, 0.15) is 15.9 Å². The van der Waals surface area contributed by atoms with E-state index in [9.17, 15) is 4.79 Å². The van der Waals surface area contributed by atoms with Crippen molar-refractivity contribution in [2.75, 3.05) is 0 Å². The van der Waals surface area contributed by atoms with Crippen LogP contribution in [0.4, 0.5) is 0 Å². The van der Waals surface area contributed by atoms with Crippen molar-refractivity contribution in [3.8, 4) is 11.3 Å². The molecule has 0 fully saturated rings. The summed E-state index contributed by atoms with van der Waals surface area (Å²) >= 11 is 0. The van der Waals surface area contributed by atoms with Crippen LogP contribution in [0.3, 0.4) is 0 Å². The summed E-state index contributed by atoms with van der Waals surface area (Å²) in [5.74, 6) is -0.940. The molecule has 24 heavy (non-hydrogen) atoms. The van der Waals surface area contributed by atoms with Crippen molar-refractivity contribution < 1.29 is 9.90 Å². The summed E-state index contributed by atoms with van der Waals surface area (Å²) in [5.41, 5.74) is 3.80. The van der Waals surface area contributed by atoms with Crippen molar-refractivity contribution in [3.05, 3.63) is 66.0 Å². The molecule has 4 rings (SSSR count). The van der Waals surface area contributed by atoms with E-state index in [-0.39, 0.29) is 5.56 Å². The SMILES string of the molecule is O=C(O)c1cccc(Cn2cc(-c3ccc4[nH]ncc4c3)nn2)c1. The highest BCUT2D eigenvalue weighted by molar-refractivity contribution is 5.87. The van der Waals surface area contributed by atoms with E-state index in [1.807, 2.05) is 30.5 Å². The molecule has 0 aliphatic carbocycles. The molecular weight excluding hydrogens is 306 g/mol. The molecule has 2 aromatic heterocycles. The fourth-order valence-electron chi connectivity index (χ4n) is 2.60. The second kappa shape index (κ2) is 5.62. The fraction of sp³-hybridized carbons (Fsp3) is 0.0588. The minimum Gasteiger partial charge on any atom is -0.478 e. The Morgan fingerprint density at radius 3 is 3.00 bits per heavy atom. The molecule has 0 saturated carbocycles. The Morgan fingerprint density at radius 1 is 1.21 bits per heavy atom. The second-order valence-corrected chi connectivity index (χ2v) is 5.48. The van der Waals surface area contributed by atoms with Crippen LogP contribution in [-0.2, 0) is 6.54 Å². The van der Waals surface area contributed by atoms with Crippen molar-refractivity contribution >= 4 is 16.9 Å². The van der Waals surface area contributed by atoms with Crippen LogP contribution in [-0.4, -0.2) is 36.3 Å². The third-order valence-electron chi connectivity index (χ3n) is 3.79. The van der Waals surface area contributed by atoms with Crippen LogP contribution < -0.4 is 0 Å². The molecular formula is C17H13N5O2. The minimum atomic E-state index is -0.940. The first-order chi connectivity index (χ1) is 11.7. The molecule has 0 atom stereocenters. The van der Waals surface area contributed by atoms with E-state index >= 15 is 0 Å². The Balaban J connectivity index is 1.60. The Kier molecular flexibility index (Phi) is 3.31. The molecule has 0 unspecified atom stereocenters. The molecule has 0 spiro atoms. The fourth-order valence-corrected chi connectivity index (χ4v) is 2.60. The molecule has 7 heteroatoms. The molecule has 0 aliphatic rings. The first-order valence-electron chi connectivity index (χ1n) is 7.35. The van der Waals surface area contributed by atoms with E-state index < -0.39 is 5.97 Å². The number of fused-ring (bicyclic) bond motifs is 1. The maximum atomic E-state index is 11.0. The highest BCUT2D eigenvalue weighted by atomic mass is 16.4. The molecule has 4 aromatic rings. The molecule has 0 aliphatic heterocycles. The van der Waals surface area contributed by atoms with Crippen molar-refractivity contribution in [3.63, 3.8) is 0 Å². The summed E-state index contributed by atoms with van der Waals surface area (Å²) in [6.07, 6.45) is 3.61. The van der Waals surface area contributed by atoms with Gasteiger partial charge in [0, 0.05) is 10.9 Å². The number of hydrogen-bond donors (Lipinski definition) is 2. The summed E-state index contributed by atoms with van der Waals surface area (Å²) in [6, 6.07) is 12.7. The maximum Gasteiger partial charge on any atom is 0.335 e. The number of aromatic amines is 1. The molecule has 2 aromatic carbocycles. The van der Waals surface area contributed by atoms with Gasteiger partial charge in [-0.25, -0.2) is 9.48 Å². The zero-order chi connectivity index (χ0) is 16.5. The van der Waals surface area contributed by atoms with Gasteiger partial charge in [0.05, 0.1) is 30.0 Å². The monoisotopic (exact) mass is 319 g/mol. The molecule has 0 bridgehead atoms. The number of nitrogens with one attached hydrogen (secondary N) is 1. The lowest BCUT2D eigenvalue weighted by Gasteiger charge is -2.02. The van der Waals surface area contributed by atoms with Gasteiger partial charge in [0.15, 0.2) is 0 Å². The summed E-state index contributed by atoms with van der Waals surface area (Å²) in [4.78, 5) is 11.0. The lowest BCUT2D eigenvalue weighted by Crippen LogP contribution is -2.03. The van der Waals surface area contributed by atoms with E-state index in [1.54, 1.807) is 29.1 Å². The zero-order valence-corrected chi connectivity index (χ0v) is 12.5.